The van der Waals surface area contributed by atoms with E-state index >= 15 is 0 Å². The molecule has 0 fully saturated rings. The number of ketones is 1. The number of carbonyl (C=O) groups excluding carboxylic acids is 1. The van der Waals surface area contributed by atoms with Crippen LogP contribution in [-0.2, 0) is 6.54 Å². The average Bonchev–Trinajstić information content (AvgIpc) is 3.09. The van der Waals surface area contributed by atoms with Crippen molar-refractivity contribution in [2.75, 3.05) is 0 Å². The van der Waals surface area contributed by atoms with Gasteiger partial charge >= 0.3 is 0 Å². The van der Waals surface area contributed by atoms with Crippen LogP contribution in [0.2, 0.25) is 10.0 Å². The molecule has 0 radical (unpaired) electrons. The van der Waals surface area contributed by atoms with E-state index in [2.05, 4.69) is 4.98 Å². The van der Waals surface area contributed by atoms with E-state index in [9.17, 15) is 9.59 Å². The fourth-order valence-electron chi connectivity index (χ4n) is 2.87. The largest absolute Gasteiger partial charge is 0.292 e. The van der Waals surface area contributed by atoms with E-state index in [0.717, 1.165) is 11.1 Å². The molecule has 7 heteroatoms. The molecule has 4 nitrogen and oxygen atoms in total. The third-order valence-electron chi connectivity index (χ3n) is 4.19. The van der Waals surface area contributed by atoms with Gasteiger partial charge in [-0.15, -0.1) is 11.3 Å². The number of rotatable bonds is 4. The second-order valence-corrected chi connectivity index (χ2v) is 7.62. The van der Waals surface area contributed by atoms with Crippen LogP contribution in [0.3, 0.4) is 0 Å². The minimum absolute atomic E-state index is 0.146. The second kappa shape index (κ2) is 7.27. The average molecular weight is 415 g/mol. The topological polar surface area (TPSA) is 52.0 Å². The highest BCUT2D eigenvalue weighted by molar-refractivity contribution is 7.17. The van der Waals surface area contributed by atoms with E-state index in [1.165, 1.54) is 28.3 Å². The van der Waals surface area contributed by atoms with E-state index in [1.54, 1.807) is 12.1 Å². The molecule has 0 N–H and O–H groups in total. The molecule has 4 rings (SSSR count). The summed E-state index contributed by atoms with van der Waals surface area (Å²) in [5.41, 5.74) is 1.83. The zero-order chi connectivity index (χ0) is 19.0. The normalized spacial score (nSPS) is 11.0. The quantitative estimate of drug-likeness (QED) is 0.424. The Morgan fingerprint density at radius 1 is 1.11 bits per heavy atom. The van der Waals surface area contributed by atoms with E-state index in [1.807, 2.05) is 35.7 Å². The van der Waals surface area contributed by atoms with Crippen molar-refractivity contribution in [2.24, 2.45) is 0 Å². The molecule has 0 aliphatic heterocycles. The summed E-state index contributed by atoms with van der Waals surface area (Å²) >= 11 is 13.4. The first-order chi connectivity index (χ1) is 13.0. The van der Waals surface area contributed by atoms with Gasteiger partial charge in [0.2, 0.25) is 0 Å². The van der Waals surface area contributed by atoms with Crippen molar-refractivity contribution in [2.45, 2.75) is 6.54 Å². The second-order valence-electron chi connectivity index (χ2n) is 5.92. The van der Waals surface area contributed by atoms with Gasteiger partial charge in [-0.25, -0.2) is 4.98 Å². The van der Waals surface area contributed by atoms with Crippen molar-refractivity contribution in [3.8, 4) is 11.1 Å². The Hall–Kier alpha value is -2.47. The number of carbonyl (C=O) groups is 1. The molecule has 4 aromatic rings. The van der Waals surface area contributed by atoms with Crippen LogP contribution in [0.5, 0.6) is 0 Å². The molecule has 27 heavy (non-hydrogen) atoms. The summed E-state index contributed by atoms with van der Waals surface area (Å²) in [6, 6.07) is 14.3. The number of halogens is 2. The Labute approximate surface area is 168 Å². The van der Waals surface area contributed by atoms with Gasteiger partial charge in [-0.3, -0.25) is 14.2 Å². The van der Waals surface area contributed by atoms with Crippen LogP contribution in [0.1, 0.15) is 10.4 Å². The lowest BCUT2D eigenvalue weighted by Crippen LogP contribution is -2.24. The van der Waals surface area contributed by atoms with Gasteiger partial charge in [-0.1, -0.05) is 53.5 Å². The van der Waals surface area contributed by atoms with Gasteiger partial charge in [-0.2, -0.15) is 0 Å². The van der Waals surface area contributed by atoms with Crippen molar-refractivity contribution in [3.63, 3.8) is 0 Å². The highest BCUT2D eigenvalue weighted by Crippen LogP contribution is 2.30. The van der Waals surface area contributed by atoms with Crippen molar-refractivity contribution >= 4 is 50.5 Å². The first kappa shape index (κ1) is 17.9. The molecular formula is C20H12Cl2N2O2S. The summed E-state index contributed by atoms with van der Waals surface area (Å²) < 4.78 is 1.31. The smallest absolute Gasteiger partial charge is 0.263 e. The SMILES string of the molecule is O=C(Cn1cnc2scc(-c3ccccc3)c2c1=O)c1ccc(Cl)cc1Cl. The summed E-state index contributed by atoms with van der Waals surface area (Å²) in [6.07, 6.45) is 1.40. The molecule has 0 amide bonds. The molecule has 2 aromatic heterocycles. The minimum atomic E-state index is -0.281. The molecule has 0 saturated carbocycles. The van der Waals surface area contributed by atoms with E-state index in [0.29, 0.717) is 20.8 Å². The lowest BCUT2D eigenvalue weighted by atomic mass is 10.1. The predicted octanol–water partition coefficient (Wildman–Crippen LogP) is 5.31. The highest BCUT2D eigenvalue weighted by atomic mass is 35.5. The zero-order valence-electron chi connectivity index (χ0n) is 13.9. The first-order valence-electron chi connectivity index (χ1n) is 8.05. The van der Waals surface area contributed by atoms with Gasteiger partial charge in [0.25, 0.3) is 5.56 Å². The summed E-state index contributed by atoms with van der Waals surface area (Å²) in [4.78, 5) is 30.6. The highest BCUT2D eigenvalue weighted by Gasteiger charge is 2.16. The minimum Gasteiger partial charge on any atom is -0.292 e. The Balaban J connectivity index is 1.76. The summed E-state index contributed by atoms with van der Waals surface area (Å²) in [7, 11) is 0. The summed E-state index contributed by atoms with van der Waals surface area (Å²) in [5.74, 6) is -0.281. The fraction of sp³-hybridized carbons (Fsp3) is 0.0500. The summed E-state index contributed by atoms with van der Waals surface area (Å²) in [6.45, 7) is -0.146. The van der Waals surface area contributed by atoms with Crippen LogP contribution in [0.15, 0.2) is 65.0 Å². The molecule has 0 saturated heterocycles. The number of nitrogens with zero attached hydrogens (tertiary/aromatic N) is 2. The van der Waals surface area contributed by atoms with E-state index < -0.39 is 0 Å². The van der Waals surface area contributed by atoms with Crippen LogP contribution >= 0.6 is 34.5 Å². The Morgan fingerprint density at radius 2 is 1.89 bits per heavy atom. The van der Waals surface area contributed by atoms with Crippen molar-refractivity contribution in [1.29, 1.82) is 0 Å². The van der Waals surface area contributed by atoms with Crippen molar-refractivity contribution < 1.29 is 4.79 Å². The maximum Gasteiger partial charge on any atom is 0.263 e. The number of fused-ring (bicyclic) bond motifs is 1. The molecule has 0 aliphatic rings. The standard InChI is InChI=1S/C20H12Cl2N2O2S/c21-13-6-7-14(16(22)8-13)17(25)9-24-11-23-19-18(20(24)26)15(10-27-19)12-4-2-1-3-5-12/h1-8,10-11H,9H2. The monoisotopic (exact) mass is 414 g/mol. The van der Waals surface area contributed by atoms with Gasteiger partial charge in [0.15, 0.2) is 5.78 Å². The van der Waals surface area contributed by atoms with Gasteiger partial charge in [-0.05, 0) is 23.8 Å². The first-order valence-corrected chi connectivity index (χ1v) is 9.68. The Kier molecular flexibility index (Phi) is 4.83. The maximum atomic E-state index is 13.0. The summed E-state index contributed by atoms with van der Waals surface area (Å²) in [5, 5.41) is 3.14. The third-order valence-corrected chi connectivity index (χ3v) is 5.63. The molecule has 2 aromatic carbocycles. The van der Waals surface area contributed by atoms with Crippen molar-refractivity contribution in [3.05, 3.63) is 86.2 Å². The van der Waals surface area contributed by atoms with Gasteiger partial charge in [0.05, 0.1) is 23.3 Å². The van der Waals surface area contributed by atoms with Gasteiger partial charge in [0.1, 0.15) is 4.83 Å². The fourth-order valence-corrected chi connectivity index (χ4v) is 4.29. The van der Waals surface area contributed by atoms with E-state index in [-0.39, 0.29) is 22.9 Å². The van der Waals surface area contributed by atoms with Gasteiger partial charge < -0.3 is 0 Å². The molecule has 0 aliphatic carbocycles. The number of benzene rings is 2. The lowest BCUT2D eigenvalue weighted by Gasteiger charge is -2.07. The number of aromatic nitrogens is 2. The Morgan fingerprint density at radius 3 is 2.63 bits per heavy atom. The maximum absolute atomic E-state index is 13.0. The Bertz CT molecular complexity index is 1220. The number of hydrogen-bond donors (Lipinski definition) is 0. The van der Waals surface area contributed by atoms with Crippen LogP contribution in [-0.4, -0.2) is 15.3 Å². The van der Waals surface area contributed by atoms with Crippen LogP contribution in [0.4, 0.5) is 0 Å². The lowest BCUT2D eigenvalue weighted by molar-refractivity contribution is 0.0971. The predicted molar refractivity (Wildman–Crippen MR) is 110 cm³/mol. The molecule has 0 spiro atoms. The third kappa shape index (κ3) is 3.41. The molecule has 134 valence electrons. The van der Waals surface area contributed by atoms with Gasteiger partial charge in [0, 0.05) is 21.5 Å². The van der Waals surface area contributed by atoms with Crippen molar-refractivity contribution in [1.82, 2.24) is 9.55 Å². The molecule has 0 bridgehead atoms. The van der Waals surface area contributed by atoms with Crippen LogP contribution < -0.4 is 5.56 Å². The number of hydrogen-bond acceptors (Lipinski definition) is 4. The molecule has 0 atom stereocenters. The van der Waals surface area contributed by atoms with Crippen LogP contribution in [0, 0.1) is 0 Å². The number of thiophene rings is 1. The molecule has 2 heterocycles. The molecular weight excluding hydrogens is 403 g/mol. The van der Waals surface area contributed by atoms with Crippen LogP contribution in [0.25, 0.3) is 21.3 Å². The zero-order valence-corrected chi connectivity index (χ0v) is 16.2. The number of Topliss-reactive ketones (excluding diaryl/α,β-unsaturated/α-hetero) is 1. The molecule has 0 unspecified atom stereocenters. The van der Waals surface area contributed by atoms with E-state index in [4.69, 9.17) is 23.2 Å².